The maximum absolute atomic E-state index is 15.3. The van der Waals surface area contributed by atoms with Crippen molar-refractivity contribution in [1.29, 1.82) is 0 Å². The minimum absolute atomic E-state index is 0.0516. The number of amides is 4. The number of carbonyl (C=O) groups is 4. The molecule has 4 amide bonds. The molecule has 6 atom stereocenters. The molecule has 1 aromatic heterocycles. The molecular weight excluding hydrogens is 866 g/mol. The highest BCUT2D eigenvalue weighted by Crippen LogP contribution is 2.65. The Bertz CT molecular complexity index is 2310. The quantitative estimate of drug-likeness (QED) is 0.0902. The third kappa shape index (κ3) is 5.42. The van der Waals surface area contributed by atoms with E-state index in [0.717, 1.165) is 14.5 Å². The molecule has 54 heavy (non-hydrogen) atoms. The van der Waals surface area contributed by atoms with E-state index in [0.29, 0.717) is 33.6 Å². The average molecular weight is 891 g/mol. The second kappa shape index (κ2) is 13.0. The first-order chi connectivity index (χ1) is 25.6. The van der Waals surface area contributed by atoms with E-state index in [4.69, 9.17) is 23.2 Å². The van der Waals surface area contributed by atoms with Gasteiger partial charge in [-0.2, -0.15) is 18.2 Å². The summed E-state index contributed by atoms with van der Waals surface area (Å²) in [5.74, 6) is -10.1. The van der Waals surface area contributed by atoms with Crippen molar-refractivity contribution in [2.45, 2.75) is 30.4 Å². The largest absolute Gasteiger partial charge is 0.505 e. The van der Waals surface area contributed by atoms with Crippen LogP contribution in [0.15, 0.2) is 90.6 Å². The van der Waals surface area contributed by atoms with Crippen molar-refractivity contribution >= 4 is 80.9 Å². The normalized spacial score (nSPS) is 26.4. The zero-order chi connectivity index (χ0) is 38.4. The molecule has 2 aliphatic carbocycles. The molecule has 4 aliphatic rings. The first kappa shape index (κ1) is 36.4. The van der Waals surface area contributed by atoms with Gasteiger partial charge in [0.15, 0.2) is 17.4 Å². The van der Waals surface area contributed by atoms with Gasteiger partial charge in [0.25, 0.3) is 11.8 Å². The Morgan fingerprint density at radius 1 is 0.926 bits per heavy atom. The number of imide groups is 2. The molecule has 2 saturated heterocycles. The Morgan fingerprint density at radius 3 is 2.30 bits per heavy atom. The molecule has 0 unspecified atom stereocenters. The predicted octanol–water partition coefficient (Wildman–Crippen LogP) is 8.05. The molecular formula is C38H25Cl2F4IN4O5. The Morgan fingerprint density at radius 2 is 1.63 bits per heavy atom. The number of allylic oxidation sites excluding steroid dienone is 2. The second-order valence-corrected chi connectivity index (χ2v) is 15.7. The summed E-state index contributed by atoms with van der Waals surface area (Å²) in [5, 5.41) is 11.7. The number of halogens is 7. The van der Waals surface area contributed by atoms with Crippen LogP contribution in [0.5, 0.6) is 5.75 Å². The van der Waals surface area contributed by atoms with Crippen molar-refractivity contribution in [3.05, 3.63) is 127 Å². The van der Waals surface area contributed by atoms with Crippen molar-refractivity contribution in [3.8, 4) is 5.75 Å². The number of fused-ring (bicyclic) bond motifs is 4. The summed E-state index contributed by atoms with van der Waals surface area (Å²) in [7, 11) is 0. The van der Waals surface area contributed by atoms with Crippen LogP contribution in [0.4, 0.5) is 29.1 Å². The number of hydrogen-bond donors (Lipinski definition) is 2. The van der Waals surface area contributed by atoms with E-state index in [9.17, 15) is 32.7 Å². The van der Waals surface area contributed by atoms with Gasteiger partial charge in [0, 0.05) is 26.3 Å². The number of anilines is 2. The number of aromatic hydroxyl groups is 1. The molecule has 1 saturated carbocycles. The molecule has 0 bridgehead atoms. The molecule has 2 N–H and O–H groups in total. The zero-order valence-electron chi connectivity index (χ0n) is 27.5. The van der Waals surface area contributed by atoms with Gasteiger partial charge in [0.1, 0.15) is 0 Å². The van der Waals surface area contributed by atoms with E-state index < -0.39 is 92.8 Å². The second-order valence-electron chi connectivity index (χ2n) is 13.6. The van der Waals surface area contributed by atoms with Crippen LogP contribution in [-0.4, -0.2) is 38.7 Å². The van der Waals surface area contributed by atoms with Crippen LogP contribution in [0.2, 0.25) is 10.0 Å². The monoisotopic (exact) mass is 890 g/mol. The standard InChI is InChI=1S/C38H25Cl2F4IN4O5/c39-19-6-4-17(5-7-19)37-26(34(52)49(36(37)54)47-32-27(40)14-18(16-46-32)38(42,43)44)15-25-22(30(37)24-2-1-3-28(41)31(24)50)12-13-23-29(25)35(53)48(33(23)51)21-10-8-20(45)9-11-21/h1-12,14,16,23,25-26,29-30,50H,13,15H2,(H,46,47)/t23-,25+,26-,29-,30+,37+/m0/s1. The van der Waals surface area contributed by atoms with Gasteiger partial charge in [-0.3, -0.25) is 29.5 Å². The van der Waals surface area contributed by atoms with Crippen molar-refractivity contribution in [1.82, 2.24) is 9.99 Å². The lowest BCUT2D eigenvalue weighted by Crippen LogP contribution is -2.53. The summed E-state index contributed by atoms with van der Waals surface area (Å²) in [6.07, 6.45) is -2.61. The van der Waals surface area contributed by atoms with Crippen LogP contribution >= 0.6 is 45.8 Å². The summed E-state index contributed by atoms with van der Waals surface area (Å²) in [5.41, 5.74) is 0.465. The minimum atomic E-state index is -4.78. The smallest absolute Gasteiger partial charge is 0.417 e. The first-order valence-electron chi connectivity index (χ1n) is 16.6. The molecule has 3 aromatic carbocycles. The van der Waals surface area contributed by atoms with Gasteiger partial charge >= 0.3 is 6.18 Å². The number of alkyl halides is 3. The van der Waals surface area contributed by atoms with Crippen LogP contribution in [0.1, 0.15) is 35.4 Å². The Kier molecular flexibility index (Phi) is 8.80. The predicted molar refractivity (Wildman–Crippen MR) is 197 cm³/mol. The molecule has 3 fully saturated rings. The molecule has 276 valence electrons. The SMILES string of the molecule is O=C1[C@@H]2C[C@@H]3C(=CC[C@@H]4C(=O)N(c5ccc(I)cc5)C(=O)[C@@H]43)[C@H](c3cccc(F)c3O)[C@]2(c2ccc(Cl)cc2)C(=O)N1Nc1ncc(C(F)(F)F)cc1Cl. The molecule has 2 aliphatic heterocycles. The number of phenols is 1. The van der Waals surface area contributed by atoms with Crippen LogP contribution in [-0.2, 0) is 30.8 Å². The molecule has 0 radical (unpaired) electrons. The topological polar surface area (TPSA) is 120 Å². The lowest BCUT2D eigenvalue weighted by molar-refractivity contribution is -0.139. The van der Waals surface area contributed by atoms with Gasteiger partial charge in [0.2, 0.25) is 11.8 Å². The lowest BCUT2D eigenvalue weighted by atomic mass is 9.49. The van der Waals surface area contributed by atoms with Crippen LogP contribution in [0.3, 0.4) is 0 Å². The molecule has 0 spiro atoms. The molecule has 8 rings (SSSR count). The van der Waals surface area contributed by atoms with Gasteiger partial charge in [-0.15, -0.1) is 0 Å². The number of carbonyl (C=O) groups excluding carboxylic acids is 4. The maximum Gasteiger partial charge on any atom is 0.417 e. The number of aromatic nitrogens is 1. The molecule has 4 aromatic rings. The first-order valence-corrected chi connectivity index (χ1v) is 18.4. The minimum Gasteiger partial charge on any atom is -0.505 e. The number of para-hydroxylation sites is 1. The van der Waals surface area contributed by atoms with E-state index >= 15 is 9.18 Å². The van der Waals surface area contributed by atoms with E-state index in [1.165, 1.54) is 36.4 Å². The fourth-order valence-electron chi connectivity index (χ4n) is 8.74. The highest BCUT2D eigenvalue weighted by atomic mass is 127. The van der Waals surface area contributed by atoms with Crippen LogP contribution in [0.25, 0.3) is 0 Å². The molecule has 9 nitrogen and oxygen atoms in total. The van der Waals surface area contributed by atoms with E-state index in [1.54, 1.807) is 30.3 Å². The number of pyridine rings is 1. The van der Waals surface area contributed by atoms with Gasteiger partial charge in [-0.25, -0.2) is 9.37 Å². The Labute approximate surface area is 328 Å². The van der Waals surface area contributed by atoms with Gasteiger partial charge in [-0.05, 0) is 95.4 Å². The molecule has 16 heteroatoms. The Hall–Kier alpha value is -4.54. The average Bonchev–Trinajstić information content (AvgIpc) is 3.51. The summed E-state index contributed by atoms with van der Waals surface area (Å²) >= 11 is 14.6. The van der Waals surface area contributed by atoms with Crippen LogP contribution < -0.4 is 10.3 Å². The Balaban J connectivity index is 1.32. The zero-order valence-corrected chi connectivity index (χ0v) is 31.1. The maximum atomic E-state index is 15.3. The summed E-state index contributed by atoms with van der Waals surface area (Å²) in [6, 6.07) is 17.3. The van der Waals surface area contributed by atoms with E-state index in [-0.39, 0.29) is 24.0 Å². The number of rotatable bonds is 5. The number of hydrogen-bond acceptors (Lipinski definition) is 7. The third-order valence-electron chi connectivity index (χ3n) is 11.0. The molecule has 3 heterocycles. The highest BCUT2D eigenvalue weighted by molar-refractivity contribution is 14.1. The fourth-order valence-corrected chi connectivity index (χ4v) is 9.43. The van der Waals surface area contributed by atoms with Gasteiger partial charge in [0.05, 0.1) is 39.4 Å². The summed E-state index contributed by atoms with van der Waals surface area (Å²) < 4.78 is 56.5. The number of nitrogens with zero attached hydrogens (tertiary/aromatic N) is 3. The fraction of sp³-hybridized carbons (Fsp3) is 0.237. The number of benzene rings is 3. The van der Waals surface area contributed by atoms with Gasteiger partial charge in [-0.1, -0.05) is 59.1 Å². The number of phenolic OH excluding ortho intramolecular Hbond substituents is 1. The van der Waals surface area contributed by atoms with E-state index in [2.05, 4.69) is 33.0 Å². The van der Waals surface area contributed by atoms with Crippen molar-refractivity contribution in [3.63, 3.8) is 0 Å². The van der Waals surface area contributed by atoms with Gasteiger partial charge < -0.3 is 5.11 Å². The van der Waals surface area contributed by atoms with E-state index in [1.807, 2.05) is 0 Å². The summed E-state index contributed by atoms with van der Waals surface area (Å²) in [4.78, 5) is 63.2. The lowest BCUT2D eigenvalue weighted by Gasteiger charge is -2.50. The third-order valence-corrected chi connectivity index (χ3v) is 12.2. The van der Waals surface area contributed by atoms with Crippen molar-refractivity contribution in [2.24, 2.45) is 23.7 Å². The summed E-state index contributed by atoms with van der Waals surface area (Å²) in [6.45, 7) is 0. The van der Waals surface area contributed by atoms with Crippen molar-refractivity contribution < 1.29 is 41.8 Å². The van der Waals surface area contributed by atoms with Crippen LogP contribution in [0, 0.1) is 33.1 Å². The number of hydrazine groups is 1. The highest BCUT2D eigenvalue weighted by Gasteiger charge is 2.71. The number of nitrogens with one attached hydrogen (secondary N) is 1. The van der Waals surface area contributed by atoms with Crippen molar-refractivity contribution in [2.75, 3.05) is 10.3 Å².